The fourth-order valence-electron chi connectivity index (χ4n) is 2.80. The molecule has 0 radical (unpaired) electrons. The lowest BCUT2D eigenvalue weighted by Crippen LogP contribution is -2.24. The van der Waals surface area contributed by atoms with E-state index in [1.54, 1.807) is 18.3 Å². The summed E-state index contributed by atoms with van der Waals surface area (Å²) in [5.74, 6) is 0.380. The first-order chi connectivity index (χ1) is 12.1. The summed E-state index contributed by atoms with van der Waals surface area (Å²) in [5.41, 5.74) is 2.59. The first-order valence-electron chi connectivity index (χ1n) is 8.31. The number of benzene rings is 1. The molecule has 0 atom stereocenters. The van der Waals surface area contributed by atoms with Crippen LogP contribution in [0.1, 0.15) is 29.9 Å². The zero-order valence-electron chi connectivity index (χ0n) is 14.7. The summed E-state index contributed by atoms with van der Waals surface area (Å²) in [5, 5.41) is 9.51. The predicted octanol–water partition coefficient (Wildman–Crippen LogP) is 3.74. The molecule has 0 spiro atoms. The van der Waals surface area contributed by atoms with Crippen molar-refractivity contribution in [1.82, 2.24) is 20.1 Å². The molecule has 1 amide bonds. The molecule has 6 heteroatoms. The molecule has 0 aliphatic carbocycles. The Morgan fingerprint density at radius 3 is 2.80 bits per heavy atom. The molecule has 3 aromatic rings. The monoisotopic (exact) mass is 354 g/mol. The van der Waals surface area contributed by atoms with E-state index in [0.29, 0.717) is 18.0 Å². The summed E-state index contributed by atoms with van der Waals surface area (Å²) >= 11 is 1.47. The fraction of sp³-hybridized carbons (Fsp3) is 0.316. The Labute approximate surface area is 151 Å². The van der Waals surface area contributed by atoms with E-state index in [9.17, 15) is 4.79 Å². The van der Waals surface area contributed by atoms with Gasteiger partial charge in [0, 0.05) is 18.1 Å². The third-order valence-corrected chi connectivity index (χ3v) is 4.61. The first kappa shape index (κ1) is 17.5. The maximum atomic E-state index is 12.5. The SMILES string of the molecule is CSc1ncccc1C(=O)NCc1nn(CC(C)C)c2ccccc12. The number of pyridine rings is 1. The number of hydrogen-bond acceptors (Lipinski definition) is 4. The van der Waals surface area contributed by atoms with Gasteiger partial charge in [-0.25, -0.2) is 4.98 Å². The lowest BCUT2D eigenvalue weighted by atomic mass is 10.2. The van der Waals surface area contributed by atoms with Gasteiger partial charge in [0.2, 0.25) is 0 Å². The molecule has 1 N–H and O–H groups in total. The second-order valence-electron chi connectivity index (χ2n) is 6.28. The van der Waals surface area contributed by atoms with E-state index >= 15 is 0 Å². The number of thioether (sulfide) groups is 1. The van der Waals surface area contributed by atoms with Gasteiger partial charge in [-0.3, -0.25) is 9.48 Å². The molecule has 130 valence electrons. The minimum atomic E-state index is -0.125. The van der Waals surface area contributed by atoms with Crippen LogP contribution in [0.25, 0.3) is 10.9 Å². The van der Waals surface area contributed by atoms with Crippen LogP contribution in [0, 0.1) is 5.92 Å². The summed E-state index contributed by atoms with van der Waals surface area (Å²) in [7, 11) is 0. The minimum absolute atomic E-state index is 0.125. The van der Waals surface area contributed by atoms with Crippen LogP contribution in [0.3, 0.4) is 0 Å². The smallest absolute Gasteiger partial charge is 0.254 e. The number of carbonyl (C=O) groups is 1. The minimum Gasteiger partial charge on any atom is -0.346 e. The van der Waals surface area contributed by atoms with E-state index in [2.05, 4.69) is 36.3 Å². The molecule has 1 aromatic carbocycles. The number of nitrogens with zero attached hydrogens (tertiary/aromatic N) is 3. The van der Waals surface area contributed by atoms with Gasteiger partial charge in [-0.05, 0) is 30.4 Å². The summed E-state index contributed by atoms with van der Waals surface area (Å²) in [6.45, 7) is 5.59. The van der Waals surface area contributed by atoms with Gasteiger partial charge in [0.25, 0.3) is 5.91 Å². The average molecular weight is 354 g/mol. The standard InChI is InChI=1S/C19H22N4OS/c1-13(2)12-23-17-9-5-4-7-14(17)16(22-23)11-21-18(24)15-8-6-10-20-19(15)25-3/h4-10,13H,11-12H2,1-3H3,(H,21,24). The van der Waals surface area contributed by atoms with Crippen LogP contribution in [-0.4, -0.2) is 26.9 Å². The molecule has 0 aliphatic rings. The van der Waals surface area contributed by atoms with Gasteiger partial charge in [0.05, 0.1) is 23.3 Å². The molecule has 0 bridgehead atoms. The van der Waals surface area contributed by atoms with Gasteiger partial charge in [-0.2, -0.15) is 5.10 Å². The lowest BCUT2D eigenvalue weighted by Gasteiger charge is -2.07. The van der Waals surface area contributed by atoms with Crippen LogP contribution in [0.15, 0.2) is 47.6 Å². The van der Waals surface area contributed by atoms with Crippen molar-refractivity contribution in [2.45, 2.75) is 32.0 Å². The summed E-state index contributed by atoms with van der Waals surface area (Å²) < 4.78 is 2.03. The number of nitrogens with one attached hydrogen (secondary N) is 1. The predicted molar refractivity (Wildman–Crippen MR) is 102 cm³/mol. The van der Waals surface area contributed by atoms with E-state index in [-0.39, 0.29) is 5.91 Å². The first-order valence-corrected chi connectivity index (χ1v) is 9.54. The Morgan fingerprint density at radius 2 is 2.04 bits per heavy atom. The van der Waals surface area contributed by atoms with E-state index in [0.717, 1.165) is 28.2 Å². The number of carbonyl (C=O) groups excluding carboxylic acids is 1. The quantitative estimate of drug-likeness (QED) is 0.685. The summed E-state index contributed by atoms with van der Waals surface area (Å²) in [4.78, 5) is 16.8. The van der Waals surface area contributed by atoms with Crippen molar-refractivity contribution in [3.05, 3.63) is 53.9 Å². The van der Waals surface area contributed by atoms with Crippen LogP contribution in [-0.2, 0) is 13.1 Å². The Morgan fingerprint density at radius 1 is 1.24 bits per heavy atom. The molecular weight excluding hydrogens is 332 g/mol. The third-order valence-electron chi connectivity index (χ3n) is 3.90. The topological polar surface area (TPSA) is 59.8 Å². The fourth-order valence-corrected chi connectivity index (χ4v) is 3.34. The molecule has 0 aliphatic heterocycles. The molecule has 2 aromatic heterocycles. The number of aromatic nitrogens is 3. The van der Waals surface area contributed by atoms with Crippen molar-refractivity contribution >= 4 is 28.6 Å². The molecule has 3 rings (SSSR count). The van der Waals surface area contributed by atoms with E-state index in [4.69, 9.17) is 5.10 Å². The lowest BCUT2D eigenvalue weighted by molar-refractivity contribution is 0.0947. The third kappa shape index (κ3) is 3.85. The van der Waals surface area contributed by atoms with Crippen LogP contribution in [0.5, 0.6) is 0 Å². The highest BCUT2D eigenvalue weighted by Crippen LogP contribution is 2.20. The van der Waals surface area contributed by atoms with Gasteiger partial charge >= 0.3 is 0 Å². The Hall–Kier alpha value is -2.34. The van der Waals surface area contributed by atoms with Crippen LogP contribution in [0.4, 0.5) is 0 Å². The van der Waals surface area contributed by atoms with Gasteiger partial charge in [-0.15, -0.1) is 11.8 Å². The van der Waals surface area contributed by atoms with Gasteiger partial charge in [0.15, 0.2) is 0 Å². The van der Waals surface area contributed by atoms with Crippen molar-refractivity contribution in [2.24, 2.45) is 5.92 Å². The van der Waals surface area contributed by atoms with E-state index in [1.807, 2.05) is 23.1 Å². The maximum absolute atomic E-state index is 12.5. The molecular formula is C19H22N4OS. The van der Waals surface area contributed by atoms with Crippen LogP contribution < -0.4 is 5.32 Å². The highest BCUT2D eigenvalue weighted by atomic mass is 32.2. The highest BCUT2D eigenvalue weighted by Gasteiger charge is 2.14. The van der Waals surface area contributed by atoms with Gasteiger partial charge in [0.1, 0.15) is 5.03 Å². The van der Waals surface area contributed by atoms with Crippen molar-refractivity contribution in [3.63, 3.8) is 0 Å². The van der Waals surface area contributed by atoms with E-state index in [1.165, 1.54) is 11.8 Å². The maximum Gasteiger partial charge on any atom is 0.254 e. The normalized spacial score (nSPS) is 11.2. The number of fused-ring (bicyclic) bond motifs is 1. The van der Waals surface area contributed by atoms with E-state index < -0.39 is 0 Å². The zero-order chi connectivity index (χ0) is 17.8. The van der Waals surface area contributed by atoms with Crippen molar-refractivity contribution in [3.8, 4) is 0 Å². The number of para-hydroxylation sites is 1. The number of rotatable bonds is 6. The van der Waals surface area contributed by atoms with Crippen molar-refractivity contribution in [2.75, 3.05) is 6.26 Å². The molecule has 0 fully saturated rings. The van der Waals surface area contributed by atoms with Crippen molar-refractivity contribution in [1.29, 1.82) is 0 Å². The van der Waals surface area contributed by atoms with Crippen LogP contribution >= 0.6 is 11.8 Å². The second-order valence-corrected chi connectivity index (χ2v) is 7.08. The van der Waals surface area contributed by atoms with Crippen LogP contribution in [0.2, 0.25) is 0 Å². The largest absolute Gasteiger partial charge is 0.346 e. The molecule has 0 unspecified atom stereocenters. The zero-order valence-corrected chi connectivity index (χ0v) is 15.5. The average Bonchev–Trinajstić information content (AvgIpc) is 2.97. The Balaban J connectivity index is 1.82. The van der Waals surface area contributed by atoms with Crippen molar-refractivity contribution < 1.29 is 4.79 Å². The molecule has 0 saturated heterocycles. The molecule has 25 heavy (non-hydrogen) atoms. The van der Waals surface area contributed by atoms with Gasteiger partial charge < -0.3 is 5.32 Å². The molecule has 5 nitrogen and oxygen atoms in total. The second kappa shape index (κ2) is 7.70. The molecule has 0 saturated carbocycles. The Kier molecular flexibility index (Phi) is 5.38. The summed E-state index contributed by atoms with van der Waals surface area (Å²) in [6.07, 6.45) is 3.61. The Bertz CT molecular complexity index is 888. The summed E-state index contributed by atoms with van der Waals surface area (Å²) in [6, 6.07) is 11.7. The number of hydrogen-bond donors (Lipinski definition) is 1. The highest BCUT2D eigenvalue weighted by molar-refractivity contribution is 7.98. The number of amides is 1. The molecule has 2 heterocycles. The van der Waals surface area contributed by atoms with Gasteiger partial charge in [-0.1, -0.05) is 32.0 Å².